The maximum atomic E-state index is 11.2. The van der Waals surface area contributed by atoms with E-state index in [0.717, 1.165) is 12.3 Å². The first kappa shape index (κ1) is 10.8. The second kappa shape index (κ2) is 4.65. The van der Waals surface area contributed by atoms with Gasteiger partial charge in [0, 0.05) is 17.7 Å². The third kappa shape index (κ3) is 5.13. The fourth-order valence-electron chi connectivity index (χ4n) is 0.532. The lowest BCUT2D eigenvalue weighted by Crippen LogP contribution is -2.35. The summed E-state index contributed by atoms with van der Waals surface area (Å²) in [5, 5.41) is 2.86. The zero-order valence-corrected chi connectivity index (χ0v) is 8.55. The Balaban J connectivity index is 3.54. The molecule has 0 unspecified atom stereocenters. The van der Waals surface area contributed by atoms with E-state index in [-0.39, 0.29) is 11.3 Å². The van der Waals surface area contributed by atoms with Crippen molar-refractivity contribution in [3.8, 4) is 0 Å². The van der Waals surface area contributed by atoms with E-state index < -0.39 is 0 Å². The minimum absolute atomic E-state index is 0.131. The number of amides is 1. The van der Waals surface area contributed by atoms with Crippen LogP contribution < -0.4 is 5.32 Å². The molecule has 0 aliphatic rings. The zero-order chi connectivity index (χ0) is 8.91. The molecule has 0 fully saturated rings. The molecular formula is C8H17NOS. The van der Waals surface area contributed by atoms with Crippen LogP contribution in [0.3, 0.4) is 0 Å². The number of rotatable bonds is 3. The summed E-state index contributed by atoms with van der Waals surface area (Å²) in [6.07, 6.45) is 2.03. The monoisotopic (exact) mass is 175 g/mol. The van der Waals surface area contributed by atoms with E-state index in [0.29, 0.717) is 0 Å². The van der Waals surface area contributed by atoms with Gasteiger partial charge in [-0.15, -0.1) is 0 Å². The van der Waals surface area contributed by atoms with Crippen molar-refractivity contribution >= 4 is 17.7 Å². The molecule has 0 atom stereocenters. The van der Waals surface area contributed by atoms with Gasteiger partial charge in [-0.05, 0) is 6.26 Å². The van der Waals surface area contributed by atoms with Crippen LogP contribution in [-0.2, 0) is 4.79 Å². The Kier molecular flexibility index (Phi) is 4.57. The molecule has 0 aromatic rings. The van der Waals surface area contributed by atoms with Gasteiger partial charge < -0.3 is 5.32 Å². The van der Waals surface area contributed by atoms with Crippen molar-refractivity contribution in [3.05, 3.63) is 0 Å². The van der Waals surface area contributed by atoms with Gasteiger partial charge in [0.25, 0.3) is 0 Å². The second-order valence-corrected chi connectivity index (χ2v) is 4.48. The maximum Gasteiger partial charge on any atom is 0.225 e. The molecule has 0 aliphatic heterocycles. The maximum absolute atomic E-state index is 11.2. The molecule has 1 amide bonds. The summed E-state index contributed by atoms with van der Waals surface area (Å²) >= 11 is 1.74. The van der Waals surface area contributed by atoms with Gasteiger partial charge in [-0.2, -0.15) is 11.8 Å². The number of hydrogen-bond acceptors (Lipinski definition) is 2. The summed E-state index contributed by atoms with van der Waals surface area (Å²) in [6.45, 7) is 6.53. The van der Waals surface area contributed by atoms with Crippen molar-refractivity contribution in [2.45, 2.75) is 20.8 Å². The summed E-state index contributed by atoms with van der Waals surface area (Å²) in [4.78, 5) is 11.2. The Morgan fingerprint density at radius 2 is 2.00 bits per heavy atom. The van der Waals surface area contributed by atoms with Crippen LogP contribution in [0.25, 0.3) is 0 Å². The van der Waals surface area contributed by atoms with E-state index in [1.54, 1.807) is 11.8 Å². The third-order valence-electron chi connectivity index (χ3n) is 1.27. The molecule has 66 valence electrons. The number of nitrogens with one attached hydrogen (secondary N) is 1. The molecule has 0 heterocycles. The number of hydrogen-bond donors (Lipinski definition) is 1. The van der Waals surface area contributed by atoms with Crippen LogP contribution in [0.15, 0.2) is 0 Å². The molecule has 0 rings (SSSR count). The molecule has 1 N–H and O–H groups in total. The summed E-state index contributed by atoms with van der Waals surface area (Å²) in [7, 11) is 0. The largest absolute Gasteiger partial charge is 0.355 e. The highest BCUT2D eigenvalue weighted by atomic mass is 32.2. The predicted molar refractivity (Wildman–Crippen MR) is 50.8 cm³/mol. The van der Waals surface area contributed by atoms with Gasteiger partial charge in [-0.1, -0.05) is 20.8 Å². The SMILES string of the molecule is CSCCNC(=O)C(C)(C)C. The first-order valence-electron chi connectivity index (χ1n) is 3.75. The Bertz CT molecular complexity index is 129. The highest BCUT2D eigenvalue weighted by Crippen LogP contribution is 2.11. The third-order valence-corrected chi connectivity index (χ3v) is 1.89. The van der Waals surface area contributed by atoms with E-state index in [4.69, 9.17) is 0 Å². The molecule has 0 saturated heterocycles. The summed E-state index contributed by atoms with van der Waals surface area (Å²) in [6, 6.07) is 0. The first-order chi connectivity index (χ1) is 4.98. The number of thioether (sulfide) groups is 1. The molecule has 0 bridgehead atoms. The smallest absolute Gasteiger partial charge is 0.225 e. The highest BCUT2D eigenvalue weighted by Gasteiger charge is 2.19. The Hall–Kier alpha value is -0.180. The minimum atomic E-state index is -0.252. The molecule has 0 aromatic carbocycles. The normalized spacial score (nSPS) is 11.3. The van der Waals surface area contributed by atoms with Gasteiger partial charge in [0.05, 0.1) is 0 Å². The van der Waals surface area contributed by atoms with Crippen molar-refractivity contribution in [1.82, 2.24) is 5.32 Å². The van der Waals surface area contributed by atoms with Gasteiger partial charge in [-0.3, -0.25) is 4.79 Å². The van der Waals surface area contributed by atoms with Crippen LogP contribution in [0.2, 0.25) is 0 Å². The molecule has 0 aliphatic carbocycles. The zero-order valence-electron chi connectivity index (χ0n) is 7.73. The minimum Gasteiger partial charge on any atom is -0.355 e. The molecule has 2 nitrogen and oxygen atoms in total. The highest BCUT2D eigenvalue weighted by molar-refractivity contribution is 7.98. The molecule has 0 spiro atoms. The van der Waals surface area contributed by atoms with Gasteiger partial charge in [-0.25, -0.2) is 0 Å². The topological polar surface area (TPSA) is 29.1 Å². The number of carbonyl (C=O) groups excluding carboxylic acids is 1. The lowest BCUT2D eigenvalue weighted by molar-refractivity contribution is -0.128. The average Bonchev–Trinajstić information content (AvgIpc) is 1.86. The number of carbonyl (C=O) groups is 1. The van der Waals surface area contributed by atoms with Crippen LogP contribution in [-0.4, -0.2) is 24.5 Å². The first-order valence-corrected chi connectivity index (χ1v) is 5.15. The van der Waals surface area contributed by atoms with E-state index in [2.05, 4.69) is 5.32 Å². The molecule has 0 aromatic heterocycles. The lowest BCUT2D eigenvalue weighted by Gasteiger charge is -2.17. The van der Waals surface area contributed by atoms with Gasteiger partial charge in [0.1, 0.15) is 0 Å². The van der Waals surface area contributed by atoms with Crippen LogP contribution in [0, 0.1) is 5.41 Å². The second-order valence-electron chi connectivity index (χ2n) is 3.50. The average molecular weight is 175 g/mol. The standard InChI is InChI=1S/C8H17NOS/c1-8(2,3)7(10)9-5-6-11-4/h5-6H2,1-4H3,(H,9,10). The van der Waals surface area contributed by atoms with Crippen LogP contribution in [0.4, 0.5) is 0 Å². The Morgan fingerprint density at radius 1 is 1.45 bits per heavy atom. The summed E-state index contributed by atoms with van der Waals surface area (Å²) < 4.78 is 0. The quantitative estimate of drug-likeness (QED) is 0.659. The molecular weight excluding hydrogens is 158 g/mol. The summed E-state index contributed by atoms with van der Waals surface area (Å²) in [5.74, 6) is 1.12. The molecule has 0 radical (unpaired) electrons. The van der Waals surface area contributed by atoms with Crippen LogP contribution >= 0.6 is 11.8 Å². The predicted octanol–water partition coefficient (Wildman–Crippen LogP) is 1.51. The van der Waals surface area contributed by atoms with Crippen LogP contribution in [0.5, 0.6) is 0 Å². The Morgan fingerprint density at radius 3 is 2.36 bits per heavy atom. The summed E-state index contributed by atoms with van der Waals surface area (Å²) in [5.41, 5.74) is -0.252. The molecule has 3 heteroatoms. The van der Waals surface area contributed by atoms with Crippen molar-refractivity contribution < 1.29 is 4.79 Å². The fraction of sp³-hybridized carbons (Fsp3) is 0.875. The lowest BCUT2D eigenvalue weighted by atomic mass is 9.96. The van der Waals surface area contributed by atoms with Gasteiger partial charge >= 0.3 is 0 Å². The molecule has 0 saturated carbocycles. The van der Waals surface area contributed by atoms with Crippen LogP contribution in [0.1, 0.15) is 20.8 Å². The van der Waals surface area contributed by atoms with Gasteiger partial charge in [0.2, 0.25) is 5.91 Å². The van der Waals surface area contributed by atoms with Crippen molar-refractivity contribution in [2.24, 2.45) is 5.41 Å². The van der Waals surface area contributed by atoms with E-state index in [1.165, 1.54) is 0 Å². The van der Waals surface area contributed by atoms with Crippen molar-refractivity contribution in [3.63, 3.8) is 0 Å². The van der Waals surface area contributed by atoms with Crippen molar-refractivity contribution in [2.75, 3.05) is 18.6 Å². The van der Waals surface area contributed by atoms with E-state index in [9.17, 15) is 4.79 Å². The van der Waals surface area contributed by atoms with E-state index in [1.807, 2.05) is 27.0 Å². The van der Waals surface area contributed by atoms with Crippen molar-refractivity contribution in [1.29, 1.82) is 0 Å². The molecule has 11 heavy (non-hydrogen) atoms. The van der Waals surface area contributed by atoms with E-state index >= 15 is 0 Å². The Labute approximate surface area is 73.1 Å². The van der Waals surface area contributed by atoms with Gasteiger partial charge in [0.15, 0.2) is 0 Å². The fourth-order valence-corrected chi connectivity index (χ4v) is 0.838.